The van der Waals surface area contributed by atoms with Crippen LogP contribution in [0.2, 0.25) is 0 Å². The summed E-state index contributed by atoms with van der Waals surface area (Å²) in [5, 5.41) is 9.54. The van der Waals surface area contributed by atoms with E-state index < -0.39 is 0 Å². The molecule has 0 aliphatic carbocycles. The fourth-order valence-electron chi connectivity index (χ4n) is 7.22. The lowest BCUT2D eigenvalue weighted by molar-refractivity contribution is 0.669. The van der Waals surface area contributed by atoms with Gasteiger partial charge in [-0.1, -0.05) is 115 Å². The van der Waals surface area contributed by atoms with Gasteiger partial charge in [0, 0.05) is 44.6 Å². The summed E-state index contributed by atoms with van der Waals surface area (Å²) in [7, 11) is 0. The fourth-order valence-corrected chi connectivity index (χ4v) is 7.22. The highest BCUT2D eigenvalue weighted by Crippen LogP contribution is 2.43. The van der Waals surface area contributed by atoms with Gasteiger partial charge in [0.15, 0.2) is 5.82 Å². The Morgan fingerprint density at radius 2 is 0.959 bits per heavy atom. The highest BCUT2D eigenvalue weighted by molar-refractivity contribution is 6.34. The van der Waals surface area contributed by atoms with E-state index in [1.54, 1.807) is 0 Å². The Labute approximate surface area is 282 Å². The van der Waals surface area contributed by atoms with Gasteiger partial charge in [-0.25, -0.2) is 9.97 Å². The summed E-state index contributed by atoms with van der Waals surface area (Å²) in [6, 6.07) is 54.8. The van der Waals surface area contributed by atoms with E-state index in [9.17, 15) is 0 Å². The van der Waals surface area contributed by atoms with Crippen LogP contribution in [0.5, 0.6) is 0 Å². The average Bonchev–Trinajstić information content (AvgIpc) is 3.57. The summed E-state index contributed by atoms with van der Waals surface area (Å²) in [6.07, 6.45) is 1.82. The third-order valence-corrected chi connectivity index (χ3v) is 9.53. The summed E-state index contributed by atoms with van der Waals surface area (Å²) in [5.74, 6) is 0.682. The predicted molar refractivity (Wildman–Crippen MR) is 201 cm³/mol. The number of nitrogens with zero attached hydrogens (tertiary/aromatic N) is 3. The summed E-state index contributed by atoms with van der Waals surface area (Å²) in [4.78, 5) is 14.8. The van der Waals surface area contributed by atoms with Gasteiger partial charge in [0.2, 0.25) is 0 Å². The molecule has 49 heavy (non-hydrogen) atoms. The number of hydrogen-bond acceptors (Lipinski definition) is 4. The molecule has 0 aliphatic heterocycles. The molecule has 0 bridgehead atoms. The molecule has 4 nitrogen and oxygen atoms in total. The van der Waals surface area contributed by atoms with Crippen LogP contribution in [0.25, 0.3) is 99.4 Å². The van der Waals surface area contributed by atoms with Gasteiger partial charge in [-0.3, -0.25) is 4.98 Å². The molecule has 0 atom stereocenters. The predicted octanol–water partition coefficient (Wildman–Crippen LogP) is 11.9. The minimum absolute atomic E-state index is 0.682. The van der Waals surface area contributed by atoms with Crippen LogP contribution >= 0.6 is 0 Å². The third kappa shape index (κ3) is 4.49. The first-order valence-electron chi connectivity index (χ1n) is 16.4. The van der Waals surface area contributed by atoms with Crippen molar-refractivity contribution in [2.24, 2.45) is 0 Å². The molecule has 0 saturated heterocycles. The van der Waals surface area contributed by atoms with Gasteiger partial charge in [-0.15, -0.1) is 0 Å². The minimum Gasteiger partial charge on any atom is -0.456 e. The van der Waals surface area contributed by atoms with Crippen LogP contribution in [0.3, 0.4) is 0 Å². The SMILES string of the molecule is c1ccc(-c2cc(-c3ccc4c(c3)c3ccccc3c3c4ccc4oc5ccccc5c43)nc(-c3ccc(-c4ccccn4)cc3)n2)cc1. The van der Waals surface area contributed by atoms with Gasteiger partial charge in [-0.05, 0) is 69.4 Å². The van der Waals surface area contributed by atoms with E-state index in [-0.39, 0.29) is 0 Å². The molecular weight excluding hydrogens is 599 g/mol. The van der Waals surface area contributed by atoms with E-state index in [0.29, 0.717) is 5.82 Å². The molecule has 4 heteroatoms. The highest BCUT2D eigenvalue weighted by atomic mass is 16.3. The molecule has 0 fully saturated rings. The smallest absolute Gasteiger partial charge is 0.160 e. The van der Waals surface area contributed by atoms with Crippen LogP contribution in [-0.4, -0.2) is 15.0 Å². The Morgan fingerprint density at radius 1 is 0.347 bits per heavy atom. The van der Waals surface area contributed by atoms with E-state index in [1.807, 2.05) is 54.7 Å². The van der Waals surface area contributed by atoms with Crippen molar-refractivity contribution in [1.82, 2.24) is 15.0 Å². The minimum atomic E-state index is 0.682. The lowest BCUT2D eigenvalue weighted by atomic mass is 9.90. The van der Waals surface area contributed by atoms with Gasteiger partial charge in [0.1, 0.15) is 11.2 Å². The maximum absolute atomic E-state index is 6.31. The number of pyridine rings is 1. The Bertz CT molecular complexity index is 2840. The first-order chi connectivity index (χ1) is 24.3. The number of benzene rings is 7. The van der Waals surface area contributed by atoms with Crippen LogP contribution in [0.1, 0.15) is 0 Å². The Morgan fingerprint density at radius 3 is 1.78 bits per heavy atom. The van der Waals surface area contributed by atoms with Crippen LogP contribution in [-0.2, 0) is 0 Å². The first kappa shape index (κ1) is 27.5. The van der Waals surface area contributed by atoms with Crippen molar-refractivity contribution in [2.75, 3.05) is 0 Å². The molecule has 0 aliphatic rings. The second kappa shape index (κ2) is 11.0. The molecule has 0 radical (unpaired) electrons. The van der Waals surface area contributed by atoms with Crippen LogP contribution in [0, 0.1) is 0 Å². The lowest BCUT2D eigenvalue weighted by Gasteiger charge is -2.14. The number of para-hydroxylation sites is 1. The second-order valence-electron chi connectivity index (χ2n) is 12.4. The van der Waals surface area contributed by atoms with Crippen LogP contribution in [0.4, 0.5) is 0 Å². The number of aromatic nitrogens is 3. The molecular formula is C45H27N3O. The molecule has 10 aromatic rings. The molecule has 7 aromatic carbocycles. The highest BCUT2D eigenvalue weighted by Gasteiger charge is 2.17. The normalized spacial score (nSPS) is 11.7. The largest absolute Gasteiger partial charge is 0.456 e. The Balaban J connectivity index is 1.19. The van der Waals surface area contributed by atoms with Gasteiger partial charge >= 0.3 is 0 Å². The van der Waals surface area contributed by atoms with Crippen molar-refractivity contribution in [3.63, 3.8) is 0 Å². The summed E-state index contributed by atoms with van der Waals surface area (Å²) in [5.41, 5.74) is 8.60. The zero-order chi connectivity index (χ0) is 32.3. The third-order valence-electron chi connectivity index (χ3n) is 9.53. The zero-order valence-electron chi connectivity index (χ0n) is 26.3. The quantitative estimate of drug-likeness (QED) is 0.183. The summed E-state index contributed by atoms with van der Waals surface area (Å²) in [6.45, 7) is 0. The van der Waals surface area contributed by atoms with Gasteiger partial charge in [0.25, 0.3) is 0 Å². The molecule has 228 valence electrons. The van der Waals surface area contributed by atoms with Gasteiger partial charge in [-0.2, -0.15) is 0 Å². The van der Waals surface area contributed by atoms with Crippen LogP contribution in [0.15, 0.2) is 168 Å². The number of rotatable bonds is 4. The number of hydrogen-bond donors (Lipinski definition) is 0. The molecule has 3 heterocycles. The first-order valence-corrected chi connectivity index (χ1v) is 16.4. The molecule has 0 N–H and O–H groups in total. The van der Waals surface area contributed by atoms with E-state index in [4.69, 9.17) is 14.4 Å². The Kier molecular flexibility index (Phi) is 6.15. The van der Waals surface area contributed by atoms with Crippen LogP contribution < -0.4 is 0 Å². The maximum Gasteiger partial charge on any atom is 0.160 e. The van der Waals surface area contributed by atoms with Crippen molar-refractivity contribution < 1.29 is 4.42 Å². The van der Waals surface area contributed by atoms with E-state index in [0.717, 1.165) is 61.3 Å². The van der Waals surface area contributed by atoms with Crippen molar-refractivity contribution in [2.45, 2.75) is 0 Å². The fraction of sp³-hybridized carbons (Fsp3) is 0. The monoisotopic (exact) mass is 625 g/mol. The van der Waals surface area contributed by atoms with E-state index in [2.05, 4.69) is 114 Å². The maximum atomic E-state index is 6.31. The number of fused-ring (bicyclic) bond motifs is 10. The topological polar surface area (TPSA) is 51.8 Å². The van der Waals surface area contributed by atoms with Crippen molar-refractivity contribution in [3.05, 3.63) is 164 Å². The molecule has 0 spiro atoms. The molecule has 10 rings (SSSR count). The standard InChI is InChI=1S/C45H27N3O/c1-2-10-28(11-3-1)39-27-40(48-45(47-39)30-19-17-29(18-20-30)38-15-8-9-25-46-38)31-21-22-33-35-23-24-42-44(36-14-6-7-16-41(36)49-42)43(35)34-13-5-4-12-32(34)37(33)26-31/h1-27H. The molecule has 0 saturated carbocycles. The van der Waals surface area contributed by atoms with E-state index >= 15 is 0 Å². The molecule has 3 aromatic heterocycles. The molecule has 0 unspecified atom stereocenters. The van der Waals surface area contributed by atoms with Crippen molar-refractivity contribution in [3.8, 4) is 45.2 Å². The van der Waals surface area contributed by atoms with Crippen molar-refractivity contribution >= 4 is 54.3 Å². The average molecular weight is 626 g/mol. The summed E-state index contributed by atoms with van der Waals surface area (Å²) < 4.78 is 6.31. The van der Waals surface area contributed by atoms with Crippen molar-refractivity contribution in [1.29, 1.82) is 0 Å². The Hall–Kier alpha value is -6.65. The number of furan rings is 1. The summed E-state index contributed by atoms with van der Waals surface area (Å²) >= 11 is 0. The van der Waals surface area contributed by atoms with Gasteiger partial charge < -0.3 is 4.42 Å². The van der Waals surface area contributed by atoms with E-state index in [1.165, 1.54) is 32.3 Å². The van der Waals surface area contributed by atoms with Gasteiger partial charge in [0.05, 0.1) is 17.1 Å². The lowest BCUT2D eigenvalue weighted by Crippen LogP contribution is -1.96. The second-order valence-corrected chi connectivity index (χ2v) is 12.4. The molecule has 0 amide bonds. The zero-order valence-corrected chi connectivity index (χ0v) is 26.3.